The van der Waals surface area contributed by atoms with E-state index in [0.717, 1.165) is 27.8 Å². The summed E-state index contributed by atoms with van der Waals surface area (Å²) in [4.78, 5) is 0. The minimum Gasteiger partial charge on any atom is -0.508 e. The fourth-order valence-corrected chi connectivity index (χ4v) is 1.96. The van der Waals surface area contributed by atoms with Gasteiger partial charge in [0.15, 0.2) is 0 Å². The molecule has 0 aromatic heterocycles. The summed E-state index contributed by atoms with van der Waals surface area (Å²) in [5.74, 6) is 0.567. The van der Waals surface area contributed by atoms with Gasteiger partial charge >= 0.3 is 0 Å². The zero-order valence-corrected chi connectivity index (χ0v) is 10.3. The van der Waals surface area contributed by atoms with Crippen molar-refractivity contribution in [2.24, 2.45) is 0 Å². The second-order valence-electron chi connectivity index (χ2n) is 4.44. The SMILES string of the molecule is Cc1cc(-c2cc(O)cc(C)c2C)ccc1O. The Hall–Kier alpha value is -1.96. The summed E-state index contributed by atoms with van der Waals surface area (Å²) in [6.07, 6.45) is 0. The molecule has 17 heavy (non-hydrogen) atoms. The van der Waals surface area contributed by atoms with Crippen LogP contribution in [0.3, 0.4) is 0 Å². The van der Waals surface area contributed by atoms with Crippen molar-refractivity contribution in [2.45, 2.75) is 20.8 Å². The number of hydrogen-bond donors (Lipinski definition) is 2. The van der Waals surface area contributed by atoms with E-state index in [4.69, 9.17) is 0 Å². The average molecular weight is 228 g/mol. The van der Waals surface area contributed by atoms with E-state index in [0.29, 0.717) is 5.75 Å². The van der Waals surface area contributed by atoms with Crippen molar-refractivity contribution in [1.82, 2.24) is 0 Å². The third-order valence-corrected chi connectivity index (χ3v) is 3.16. The molecule has 88 valence electrons. The van der Waals surface area contributed by atoms with Crippen LogP contribution in [0.5, 0.6) is 11.5 Å². The molecule has 0 atom stereocenters. The first kappa shape index (κ1) is 11.5. The molecule has 0 radical (unpaired) electrons. The van der Waals surface area contributed by atoms with E-state index in [9.17, 15) is 10.2 Å². The summed E-state index contributed by atoms with van der Waals surface area (Å²) in [5.41, 5.74) is 5.06. The summed E-state index contributed by atoms with van der Waals surface area (Å²) in [5, 5.41) is 19.2. The highest BCUT2D eigenvalue weighted by Crippen LogP contribution is 2.32. The zero-order chi connectivity index (χ0) is 12.6. The average Bonchev–Trinajstić information content (AvgIpc) is 2.27. The molecular weight excluding hydrogens is 212 g/mol. The highest BCUT2D eigenvalue weighted by molar-refractivity contribution is 5.71. The summed E-state index contributed by atoms with van der Waals surface area (Å²) in [6, 6.07) is 8.99. The smallest absolute Gasteiger partial charge is 0.118 e. The maximum absolute atomic E-state index is 9.65. The van der Waals surface area contributed by atoms with Gasteiger partial charge in [0, 0.05) is 0 Å². The molecule has 0 bridgehead atoms. The summed E-state index contributed by atoms with van der Waals surface area (Å²) >= 11 is 0. The lowest BCUT2D eigenvalue weighted by atomic mass is 9.95. The Morgan fingerprint density at radius 2 is 1.53 bits per heavy atom. The van der Waals surface area contributed by atoms with Crippen LogP contribution in [0.1, 0.15) is 16.7 Å². The van der Waals surface area contributed by atoms with Gasteiger partial charge in [0.25, 0.3) is 0 Å². The number of aromatic hydroxyl groups is 2. The van der Waals surface area contributed by atoms with Gasteiger partial charge in [-0.15, -0.1) is 0 Å². The number of benzene rings is 2. The second-order valence-corrected chi connectivity index (χ2v) is 4.44. The molecule has 2 N–H and O–H groups in total. The summed E-state index contributed by atoms with van der Waals surface area (Å²) < 4.78 is 0. The van der Waals surface area contributed by atoms with Gasteiger partial charge in [-0.2, -0.15) is 0 Å². The van der Waals surface area contributed by atoms with Crippen LogP contribution in [0.4, 0.5) is 0 Å². The molecular formula is C15H16O2. The van der Waals surface area contributed by atoms with Crippen LogP contribution in [-0.2, 0) is 0 Å². The molecule has 0 amide bonds. The predicted molar refractivity (Wildman–Crippen MR) is 69.4 cm³/mol. The summed E-state index contributed by atoms with van der Waals surface area (Å²) in [7, 11) is 0. The molecule has 0 aliphatic rings. The van der Waals surface area contributed by atoms with Gasteiger partial charge in [0.2, 0.25) is 0 Å². The molecule has 2 aromatic carbocycles. The van der Waals surface area contributed by atoms with Gasteiger partial charge < -0.3 is 10.2 Å². The first-order valence-electron chi connectivity index (χ1n) is 5.59. The molecule has 0 fully saturated rings. The molecule has 0 saturated carbocycles. The highest BCUT2D eigenvalue weighted by Gasteiger charge is 2.07. The van der Waals surface area contributed by atoms with Crippen LogP contribution in [0.15, 0.2) is 30.3 Å². The van der Waals surface area contributed by atoms with Crippen molar-refractivity contribution in [1.29, 1.82) is 0 Å². The Morgan fingerprint density at radius 3 is 2.18 bits per heavy atom. The monoisotopic (exact) mass is 228 g/mol. The van der Waals surface area contributed by atoms with Crippen molar-refractivity contribution in [2.75, 3.05) is 0 Å². The Balaban J connectivity index is 2.64. The van der Waals surface area contributed by atoms with Crippen LogP contribution in [0.25, 0.3) is 11.1 Å². The van der Waals surface area contributed by atoms with E-state index in [2.05, 4.69) is 0 Å². The molecule has 2 rings (SSSR count). The van der Waals surface area contributed by atoms with Gasteiger partial charge in [-0.3, -0.25) is 0 Å². The third-order valence-electron chi connectivity index (χ3n) is 3.16. The predicted octanol–water partition coefficient (Wildman–Crippen LogP) is 3.69. The summed E-state index contributed by atoms with van der Waals surface area (Å²) in [6.45, 7) is 5.88. The molecule has 0 spiro atoms. The highest BCUT2D eigenvalue weighted by atomic mass is 16.3. The van der Waals surface area contributed by atoms with E-state index in [-0.39, 0.29) is 5.75 Å². The van der Waals surface area contributed by atoms with E-state index in [1.165, 1.54) is 0 Å². The normalized spacial score (nSPS) is 10.5. The van der Waals surface area contributed by atoms with Crippen molar-refractivity contribution in [3.8, 4) is 22.6 Å². The molecule has 0 aliphatic carbocycles. The van der Waals surface area contributed by atoms with Gasteiger partial charge in [-0.25, -0.2) is 0 Å². The Morgan fingerprint density at radius 1 is 0.824 bits per heavy atom. The number of hydrogen-bond acceptors (Lipinski definition) is 2. The van der Waals surface area contributed by atoms with E-state index >= 15 is 0 Å². The minimum absolute atomic E-state index is 0.272. The maximum atomic E-state index is 9.65. The molecule has 2 heteroatoms. The zero-order valence-electron chi connectivity index (χ0n) is 10.3. The number of phenolic OH excluding ortho intramolecular Hbond substituents is 2. The van der Waals surface area contributed by atoms with Crippen molar-refractivity contribution >= 4 is 0 Å². The molecule has 0 saturated heterocycles. The van der Waals surface area contributed by atoms with Crippen LogP contribution in [-0.4, -0.2) is 10.2 Å². The third kappa shape index (κ3) is 2.11. The van der Waals surface area contributed by atoms with Crippen LogP contribution in [0.2, 0.25) is 0 Å². The van der Waals surface area contributed by atoms with Crippen molar-refractivity contribution in [3.05, 3.63) is 47.0 Å². The molecule has 2 aromatic rings. The quantitative estimate of drug-likeness (QED) is 0.781. The van der Waals surface area contributed by atoms with Crippen LogP contribution < -0.4 is 0 Å². The minimum atomic E-state index is 0.272. The topological polar surface area (TPSA) is 40.5 Å². The van der Waals surface area contributed by atoms with Gasteiger partial charge in [0.05, 0.1) is 0 Å². The fraction of sp³-hybridized carbons (Fsp3) is 0.200. The van der Waals surface area contributed by atoms with Gasteiger partial charge in [-0.1, -0.05) is 6.07 Å². The number of rotatable bonds is 1. The Bertz CT molecular complexity index is 571. The lowest BCUT2D eigenvalue weighted by Gasteiger charge is -2.11. The van der Waals surface area contributed by atoms with E-state index in [1.54, 1.807) is 18.2 Å². The lowest BCUT2D eigenvalue weighted by Crippen LogP contribution is -1.88. The Kier molecular flexibility index (Phi) is 2.80. The fourth-order valence-electron chi connectivity index (χ4n) is 1.96. The maximum Gasteiger partial charge on any atom is 0.118 e. The molecule has 0 aliphatic heterocycles. The molecule has 0 unspecified atom stereocenters. The van der Waals surface area contributed by atoms with Crippen molar-refractivity contribution in [3.63, 3.8) is 0 Å². The second kappa shape index (κ2) is 4.13. The van der Waals surface area contributed by atoms with Gasteiger partial charge in [0.1, 0.15) is 11.5 Å². The van der Waals surface area contributed by atoms with Crippen LogP contribution in [0, 0.1) is 20.8 Å². The lowest BCUT2D eigenvalue weighted by molar-refractivity contribution is 0.471. The Labute approximate surface area is 101 Å². The molecule has 0 heterocycles. The first-order chi connectivity index (χ1) is 7.99. The molecule has 2 nitrogen and oxygen atoms in total. The van der Waals surface area contributed by atoms with E-state index < -0.39 is 0 Å². The number of aryl methyl sites for hydroxylation is 2. The van der Waals surface area contributed by atoms with Gasteiger partial charge in [-0.05, 0) is 72.9 Å². The standard InChI is InChI=1S/C15H16O2/c1-9-7-13(16)8-14(11(9)3)12-4-5-15(17)10(2)6-12/h4-8,16-17H,1-3H3. The van der Waals surface area contributed by atoms with Crippen LogP contribution >= 0.6 is 0 Å². The van der Waals surface area contributed by atoms with E-state index in [1.807, 2.05) is 32.9 Å². The largest absolute Gasteiger partial charge is 0.508 e. The number of phenols is 2. The van der Waals surface area contributed by atoms with Crippen molar-refractivity contribution < 1.29 is 10.2 Å². The first-order valence-corrected chi connectivity index (χ1v) is 5.59.